The summed E-state index contributed by atoms with van der Waals surface area (Å²) in [6.45, 7) is 12.5. The molecule has 1 heterocycles. The molecule has 3 heteroatoms. The van der Waals surface area contributed by atoms with Crippen molar-refractivity contribution in [1.29, 1.82) is 0 Å². The molecule has 114 valence electrons. The van der Waals surface area contributed by atoms with Gasteiger partial charge in [-0.05, 0) is 56.8 Å². The van der Waals surface area contributed by atoms with Crippen LogP contribution in [-0.2, 0) is 7.05 Å². The van der Waals surface area contributed by atoms with Crippen molar-refractivity contribution in [3.63, 3.8) is 0 Å². The van der Waals surface area contributed by atoms with Crippen molar-refractivity contribution in [3.05, 3.63) is 11.4 Å². The molecule has 2 rings (SSSR count). The topological polar surface area (TPSA) is 29.9 Å². The number of hydrogen-bond acceptors (Lipinski definition) is 2. The van der Waals surface area contributed by atoms with E-state index < -0.39 is 0 Å². The summed E-state index contributed by atoms with van der Waals surface area (Å²) in [5, 5.41) is 8.11. The summed E-state index contributed by atoms with van der Waals surface area (Å²) in [5.41, 5.74) is 4.08. The molecular formula is C17H31N3. The van der Waals surface area contributed by atoms with Gasteiger partial charge in [0.25, 0.3) is 0 Å². The minimum atomic E-state index is 0.481. The fraction of sp³-hybridized carbons (Fsp3) is 0.824. The molecule has 20 heavy (non-hydrogen) atoms. The Bertz CT molecular complexity index is 446. The van der Waals surface area contributed by atoms with Crippen LogP contribution in [0.15, 0.2) is 0 Å². The Morgan fingerprint density at radius 3 is 2.20 bits per heavy atom. The second-order valence-corrected chi connectivity index (χ2v) is 7.63. The summed E-state index contributed by atoms with van der Waals surface area (Å²) in [4.78, 5) is 0. The molecule has 0 radical (unpaired) electrons. The molecule has 0 aliphatic heterocycles. The highest BCUT2D eigenvalue weighted by molar-refractivity contribution is 5.51. The van der Waals surface area contributed by atoms with Crippen LogP contribution in [-0.4, -0.2) is 16.3 Å². The molecule has 1 aliphatic carbocycles. The van der Waals surface area contributed by atoms with Crippen LogP contribution >= 0.6 is 0 Å². The van der Waals surface area contributed by atoms with E-state index in [2.05, 4.69) is 45.0 Å². The molecule has 0 saturated heterocycles. The lowest BCUT2D eigenvalue weighted by Crippen LogP contribution is -2.28. The molecule has 0 bridgehead atoms. The fourth-order valence-corrected chi connectivity index (χ4v) is 3.51. The van der Waals surface area contributed by atoms with Crippen LogP contribution in [0.25, 0.3) is 0 Å². The van der Waals surface area contributed by atoms with Crippen molar-refractivity contribution in [2.45, 2.75) is 60.3 Å². The van der Waals surface area contributed by atoms with Gasteiger partial charge in [-0.1, -0.05) is 20.8 Å². The number of aryl methyl sites for hydroxylation is 2. The van der Waals surface area contributed by atoms with Gasteiger partial charge < -0.3 is 5.32 Å². The molecule has 0 unspecified atom stereocenters. The van der Waals surface area contributed by atoms with Crippen LogP contribution in [0.2, 0.25) is 0 Å². The van der Waals surface area contributed by atoms with Gasteiger partial charge >= 0.3 is 0 Å². The lowest BCUT2D eigenvalue weighted by atomic mass is 9.70. The van der Waals surface area contributed by atoms with Crippen molar-refractivity contribution in [1.82, 2.24) is 9.78 Å². The molecule has 0 amide bonds. The number of nitrogens with one attached hydrogen (secondary N) is 1. The third-order valence-electron chi connectivity index (χ3n) is 5.15. The van der Waals surface area contributed by atoms with Gasteiger partial charge in [0, 0.05) is 13.6 Å². The van der Waals surface area contributed by atoms with E-state index in [4.69, 9.17) is 0 Å². The normalized spacial score (nSPS) is 23.9. The Hall–Kier alpha value is -0.990. The van der Waals surface area contributed by atoms with Gasteiger partial charge in [0.05, 0.1) is 17.1 Å². The second-order valence-electron chi connectivity index (χ2n) is 7.63. The maximum atomic E-state index is 4.47. The molecule has 3 nitrogen and oxygen atoms in total. The summed E-state index contributed by atoms with van der Waals surface area (Å²) < 4.78 is 1.97. The average Bonchev–Trinajstić information content (AvgIpc) is 2.61. The van der Waals surface area contributed by atoms with Crippen LogP contribution in [0, 0.1) is 31.1 Å². The molecule has 1 fully saturated rings. The van der Waals surface area contributed by atoms with Crippen molar-refractivity contribution in [2.24, 2.45) is 24.3 Å². The molecule has 1 aliphatic rings. The standard InChI is InChI=1S/C17H31N3/c1-12-16(13(2)20(6)19-12)18-11-14-7-9-15(10-8-14)17(3,4)5/h14-15,18H,7-11H2,1-6H3. The third kappa shape index (κ3) is 3.36. The number of hydrogen-bond donors (Lipinski definition) is 1. The molecule has 1 saturated carbocycles. The summed E-state index contributed by atoms with van der Waals surface area (Å²) >= 11 is 0. The van der Waals surface area contributed by atoms with Crippen molar-refractivity contribution in [3.8, 4) is 0 Å². The molecule has 1 aromatic heterocycles. The van der Waals surface area contributed by atoms with Gasteiger partial charge in [-0.2, -0.15) is 5.10 Å². The van der Waals surface area contributed by atoms with Crippen LogP contribution < -0.4 is 5.32 Å². The van der Waals surface area contributed by atoms with E-state index >= 15 is 0 Å². The number of aromatic nitrogens is 2. The van der Waals surface area contributed by atoms with Gasteiger partial charge in [0.1, 0.15) is 0 Å². The molecular weight excluding hydrogens is 246 g/mol. The highest BCUT2D eigenvalue weighted by atomic mass is 15.3. The summed E-state index contributed by atoms with van der Waals surface area (Å²) in [5.74, 6) is 1.73. The van der Waals surface area contributed by atoms with Gasteiger partial charge in [0.2, 0.25) is 0 Å². The van der Waals surface area contributed by atoms with E-state index in [0.717, 1.165) is 24.1 Å². The van der Waals surface area contributed by atoms with E-state index in [0.29, 0.717) is 5.41 Å². The van der Waals surface area contributed by atoms with Gasteiger partial charge in [-0.15, -0.1) is 0 Å². The van der Waals surface area contributed by atoms with Crippen LogP contribution in [0.4, 0.5) is 5.69 Å². The van der Waals surface area contributed by atoms with Crippen molar-refractivity contribution >= 4 is 5.69 Å². The summed E-state index contributed by atoms with van der Waals surface area (Å²) in [6, 6.07) is 0. The van der Waals surface area contributed by atoms with Crippen molar-refractivity contribution < 1.29 is 0 Å². The highest BCUT2D eigenvalue weighted by Gasteiger charge is 2.29. The van der Waals surface area contributed by atoms with E-state index in [-0.39, 0.29) is 0 Å². The van der Waals surface area contributed by atoms with Gasteiger partial charge in [-0.3, -0.25) is 4.68 Å². The molecule has 0 aromatic carbocycles. The Balaban J connectivity index is 1.85. The van der Waals surface area contributed by atoms with Crippen LogP contribution in [0.5, 0.6) is 0 Å². The number of rotatable bonds is 3. The summed E-state index contributed by atoms with van der Waals surface area (Å²) in [7, 11) is 2.02. The lowest BCUT2D eigenvalue weighted by Gasteiger charge is -2.37. The zero-order valence-corrected chi connectivity index (χ0v) is 14.1. The SMILES string of the molecule is Cc1nn(C)c(C)c1NCC1CCC(C(C)(C)C)CC1. The molecule has 0 atom stereocenters. The minimum absolute atomic E-state index is 0.481. The van der Waals surface area contributed by atoms with E-state index in [1.54, 1.807) is 0 Å². The predicted molar refractivity (Wildman–Crippen MR) is 86.1 cm³/mol. The maximum Gasteiger partial charge on any atom is 0.0827 e. The zero-order chi connectivity index (χ0) is 14.9. The van der Waals surface area contributed by atoms with E-state index in [1.807, 2.05) is 11.7 Å². The quantitative estimate of drug-likeness (QED) is 0.892. The molecule has 1 aromatic rings. The van der Waals surface area contributed by atoms with Crippen LogP contribution in [0.1, 0.15) is 57.8 Å². The lowest BCUT2D eigenvalue weighted by molar-refractivity contribution is 0.153. The minimum Gasteiger partial charge on any atom is -0.382 e. The predicted octanol–water partition coefficient (Wildman–Crippen LogP) is 4.30. The first-order valence-corrected chi connectivity index (χ1v) is 8.03. The fourth-order valence-electron chi connectivity index (χ4n) is 3.51. The Morgan fingerprint density at radius 1 is 1.15 bits per heavy atom. The Labute approximate surface area is 124 Å². The zero-order valence-electron chi connectivity index (χ0n) is 14.1. The Morgan fingerprint density at radius 2 is 1.75 bits per heavy atom. The average molecular weight is 277 g/mol. The van der Waals surface area contributed by atoms with Crippen LogP contribution in [0.3, 0.4) is 0 Å². The first-order chi connectivity index (χ1) is 9.29. The largest absolute Gasteiger partial charge is 0.382 e. The number of anilines is 1. The number of nitrogens with zero attached hydrogens (tertiary/aromatic N) is 2. The van der Waals surface area contributed by atoms with Crippen molar-refractivity contribution in [2.75, 3.05) is 11.9 Å². The van der Waals surface area contributed by atoms with Gasteiger partial charge in [-0.25, -0.2) is 0 Å². The first-order valence-electron chi connectivity index (χ1n) is 8.03. The second kappa shape index (κ2) is 5.79. The maximum absolute atomic E-state index is 4.47. The van der Waals surface area contributed by atoms with E-state index in [9.17, 15) is 0 Å². The monoisotopic (exact) mass is 277 g/mol. The smallest absolute Gasteiger partial charge is 0.0827 e. The summed E-state index contributed by atoms with van der Waals surface area (Å²) in [6.07, 6.45) is 5.52. The molecule has 0 spiro atoms. The van der Waals surface area contributed by atoms with E-state index in [1.165, 1.54) is 37.1 Å². The Kier molecular flexibility index (Phi) is 4.46. The first kappa shape index (κ1) is 15.4. The highest BCUT2D eigenvalue weighted by Crippen LogP contribution is 2.39. The van der Waals surface area contributed by atoms with Gasteiger partial charge in [0.15, 0.2) is 0 Å². The molecule has 1 N–H and O–H groups in total. The third-order valence-corrected chi connectivity index (χ3v) is 5.15.